The van der Waals surface area contributed by atoms with E-state index in [1.807, 2.05) is 0 Å². The molecule has 0 saturated carbocycles. The maximum Gasteiger partial charge on any atom is 0.0793 e. The Morgan fingerprint density at radius 3 is 2.18 bits per heavy atom. The second kappa shape index (κ2) is 7.08. The molecule has 0 N–H and O–H groups in total. The average molecular weight is 230 g/mol. The number of rotatable bonds is 2. The van der Waals surface area contributed by atoms with Crippen LogP contribution in [0.1, 0.15) is 38.9 Å². The van der Waals surface area contributed by atoms with Crippen LogP contribution in [0.25, 0.3) is 10.8 Å². The molecule has 0 radical (unpaired) electrons. The minimum absolute atomic E-state index is 0.166. The van der Waals surface area contributed by atoms with Gasteiger partial charge in [-0.05, 0) is 29.3 Å². The lowest BCUT2D eigenvalue weighted by molar-refractivity contribution is 0.119. The van der Waals surface area contributed by atoms with E-state index >= 15 is 0 Å². The van der Waals surface area contributed by atoms with Crippen molar-refractivity contribution in [2.45, 2.75) is 33.3 Å². The zero-order chi connectivity index (χ0) is 12.7. The first kappa shape index (κ1) is 13.7. The van der Waals surface area contributed by atoms with Crippen LogP contribution in [-0.2, 0) is 4.74 Å². The third kappa shape index (κ3) is 3.86. The van der Waals surface area contributed by atoms with Crippen LogP contribution in [0, 0.1) is 0 Å². The van der Waals surface area contributed by atoms with Crippen molar-refractivity contribution in [2.75, 3.05) is 7.11 Å². The van der Waals surface area contributed by atoms with Gasteiger partial charge in [0.05, 0.1) is 6.10 Å². The lowest BCUT2D eigenvalue weighted by atomic mass is 10.0. The number of hydrogen-bond acceptors (Lipinski definition) is 1. The quantitative estimate of drug-likeness (QED) is 0.708. The monoisotopic (exact) mass is 230 g/mol. The SMILES string of the molecule is CCC.COC(C)c1ccc2ccccc2c1. The van der Waals surface area contributed by atoms with Crippen molar-refractivity contribution in [1.29, 1.82) is 0 Å². The molecule has 0 saturated heterocycles. The molecular weight excluding hydrogens is 208 g/mol. The van der Waals surface area contributed by atoms with Gasteiger partial charge < -0.3 is 4.74 Å². The Morgan fingerprint density at radius 1 is 1.00 bits per heavy atom. The van der Waals surface area contributed by atoms with Gasteiger partial charge in [0.15, 0.2) is 0 Å². The fourth-order valence-electron chi connectivity index (χ4n) is 1.60. The van der Waals surface area contributed by atoms with Gasteiger partial charge in [0.1, 0.15) is 0 Å². The Kier molecular flexibility index (Phi) is 5.71. The molecule has 0 aliphatic heterocycles. The Bertz CT molecular complexity index is 448. The third-order valence-electron chi connectivity index (χ3n) is 2.60. The van der Waals surface area contributed by atoms with Gasteiger partial charge in [0.2, 0.25) is 0 Å². The van der Waals surface area contributed by atoms with E-state index in [1.165, 1.54) is 22.8 Å². The highest BCUT2D eigenvalue weighted by atomic mass is 16.5. The molecule has 0 aliphatic rings. The Hall–Kier alpha value is -1.34. The minimum atomic E-state index is 0.166. The maximum absolute atomic E-state index is 5.29. The molecule has 0 aliphatic carbocycles. The summed E-state index contributed by atoms with van der Waals surface area (Å²) in [6, 6.07) is 14.8. The molecule has 1 unspecified atom stereocenters. The smallest absolute Gasteiger partial charge is 0.0793 e. The molecule has 92 valence electrons. The van der Waals surface area contributed by atoms with E-state index in [-0.39, 0.29) is 6.10 Å². The number of fused-ring (bicyclic) bond motifs is 1. The second-order valence-electron chi connectivity index (χ2n) is 4.19. The Balaban J connectivity index is 0.000000437. The van der Waals surface area contributed by atoms with Crippen molar-refractivity contribution in [1.82, 2.24) is 0 Å². The predicted octanol–water partition coefficient (Wildman–Crippen LogP) is 4.96. The molecule has 0 spiro atoms. The first-order chi connectivity index (χ1) is 8.22. The normalized spacial score (nSPS) is 11.8. The highest BCUT2D eigenvalue weighted by Crippen LogP contribution is 2.21. The second-order valence-corrected chi connectivity index (χ2v) is 4.19. The van der Waals surface area contributed by atoms with Crippen LogP contribution in [0.4, 0.5) is 0 Å². The van der Waals surface area contributed by atoms with E-state index < -0.39 is 0 Å². The highest BCUT2D eigenvalue weighted by Gasteiger charge is 2.03. The number of hydrogen-bond donors (Lipinski definition) is 0. The van der Waals surface area contributed by atoms with E-state index in [2.05, 4.69) is 63.2 Å². The minimum Gasteiger partial charge on any atom is -0.377 e. The van der Waals surface area contributed by atoms with Gasteiger partial charge in [-0.25, -0.2) is 0 Å². The lowest BCUT2D eigenvalue weighted by Gasteiger charge is -2.10. The molecule has 1 atom stereocenters. The van der Waals surface area contributed by atoms with Gasteiger partial charge in [-0.3, -0.25) is 0 Å². The van der Waals surface area contributed by atoms with Crippen LogP contribution >= 0.6 is 0 Å². The van der Waals surface area contributed by atoms with E-state index in [4.69, 9.17) is 4.74 Å². The van der Waals surface area contributed by atoms with Gasteiger partial charge in [0, 0.05) is 7.11 Å². The summed E-state index contributed by atoms with van der Waals surface area (Å²) in [5.74, 6) is 0. The first-order valence-electron chi connectivity index (χ1n) is 6.24. The Labute approximate surface area is 104 Å². The molecule has 2 aromatic carbocycles. The number of ether oxygens (including phenoxy) is 1. The van der Waals surface area contributed by atoms with E-state index in [9.17, 15) is 0 Å². The summed E-state index contributed by atoms with van der Waals surface area (Å²) >= 11 is 0. The first-order valence-corrected chi connectivity index (χ1v) is 6.24. The van der Waals surface area contributed by atoms with Crippen LogP contribution in [0.3, 0.4) is 0 Å². The van der Waals surface area contributed by atoms with Crippen LogP contribution < -0.4 is 0 Å². The van der Waals surface area contributed by atoms with Crippen molar-refractivity contribution >= 4 is 10.8 Å². The molecule has 1 heteroatoms. The van der Waals surface area contributed by atoms with Crippen LogP contribution in [0.5, 0.6) is 0 Å². The zero-order valence-electron chi connectivity index (χ0n) is 11.2. The molecular formula is C16H22O. The fourth-order valence-corrected chi connectivity index (χ4v) is 1.60. The summed E-state index contributed by atoms with van der Waals surface area (Å²) in [7, 11) is 1.74. The standard InChI is InChI=1S/C13H14O.C3H8/c1-10(14-2)12-8-7-11-5-3-4-6-13(11)9-12;1-3-2/h3-10H,1-2H3;3H2,1-2H3. The van der Waals surface area contributed by atoms with Gasteiger partial charge in [-0.1, -0.05) is 56.7 Å². The Morgan fingerprint density at radius 2 is 1.59 bits per heavy atom. The fraction of sp³-hybridized carbons (Fsp3) is 0.375. The van der Waals surface area contributed by atoms with E-state index in [0.717, 1.165) is 0 Å². The third-order valence-corrected chi connectivity index (χ3v) is 2.60. The maximum atomic E-state index is 5.29. The summed E-state index contributed by atoms with van der Waals surface area (Å²) in [4.78, 5) is 0. The zero-order valence-corrected chi connectivity index (χ0v) is 11.2. The number of methoxy groups -OCH3 is 1. The highest BCUT2D eigenvalue weighted by molar-refractivity contribution is 5.83. The van der Waals surface area contributed by atoms with E-state index in [1.54, 1.807) is 7.11 Å². The van der Waals surface area contributed by atoms with Crippen molar-refractivity contribution in [3.8, 4) is 0 Å². The van der Waals surface area contributed by atoms with Crippen LogP contribution in [-0.4, -0.2) is 7.11 Å². The van der Waals surface area contributed by atoms with Crippen molar-refractivity contribution in [3.63, 3.8) is 0 Å². The van der Waals surface area contributed by atoms with Crippen LogP contribution in [0.2, 0.25) is 0 Å². The summed E-state index contributed by atoms with van der Waals surface area (Å²) in [6.07, 6.45) is 1.42. The molecule has 2 aromatic rings. The summed E-state index contributed by atoms with van der Waals surface area (Å²) in [5, 5.41) is 2.55. The molecule has 0 fully saturated rings. The summed E-state index contributed by atoms with van der Waals surface area (Å²) in [5.41, 5.74) is 1.23. The van der Waals surface area contributed by atoms with Crippen LogP contribution in [0.15, 0.2) is 42.5 Å². The molecule has 0 amide bonds. The van der Waals surface area contributed by atoms with Crippen molar-refractivity contribution in [2.24, 2.45) is 0 Å². The van der Waals surface area contributed by atoms with Crippen molar-refractivity contribution < 1.29 is 4.74 Å². The topological polar surface area (TPSA) is 9.23 Å². The largest absolute Gasteiger partial charge is 0.377 e. The van der Waals surface area contributed by atoms with Gasteiger partial charge >= 0.3 is 0 Å². The van der Waals surface area contributed by atoms with Gasteiger partial charge in [-0.2, -0.15) is 0 Å². The molecule has 1 nitrogen and oxygen atoms in total. The molecule has 0 bridgehead atoms. The predicted molar refractivity (Wildman–Crippen MR) is 75.3 cm³/mol. The van der Waals surface area contributed by atoms with E-state index in [0.29, 0.717) is 0 Å². The van der Waals surface area contributed by atoms with Gasteiger partial charge in [-0.15, -0.1) is 0 Å². The molecule has 0 aromatic heterocycles. The van der Waals surface area contributed by atoms with Gasteiger partial charge in [0.25, 0.3) is 0 Å². The molecule has 17 heavy (non-hydrogen) atoms. The number of benzene rings is 2. The average Bonchev–Trinajstić information content (AvgIpc) is 2.38. The van der Waals surface area contributed by atoms with Crippen molar-refractivity contribution in [3.05, 3.63) is 48.0 Å². The summed E-state index contributed by atoms with van der Waals surface area (Å²) in [6.45, 7) is 6.31. The lowest BCUT2D eigenvalue weighted by Crippen LogP contribution is -1.94. The molecule has 2 rings (SSSR count). The summed E-state index contributed by atoms with van der Waals surface area (Å²) < 4.78 is 5.29. The molecule has 0 heterocycles.